The number of ether oxygens (including phenoxy) is 2. The summed E-state index contributed by atoms with van der Waals surface area (Å²) in [4.78, 5) is 14.0. The Morgan fingerprint density at radius 2 is 2.00 bits per heavy atom. The summed E-state index contributed by atoms with van der Waals surface area (Å²) in [7, 11) is 1.38. The Balaban J connectivity index is 1.70. The van der Waals surface area contributed by atoms with E-state index in [0.717, 1.165) is 24.4 Å². The minimum absolute atomic E-state index is 0.314. The van der Waals surface area contributed by atoms with Gasteiger partial charge in [0.05, 0.1) is 12.7 Å². The van der Waals surface area contributed by atoms with Crippen LogP contribution in [0.2, 0.25) is 0 Å². The molecule has 3 rings (SSSR count). The molecule has 0 spiro atoms. The van der Waals surface area contributed by atoms with Crippen molar-refractivity contribution in [1.82, 2.24) is 4.90 Å². The van der Waals surface area contributed by atoms with Crippen LogP contribution >= 0.6 is 0 Å². The molecule has 0 radical (unpaired) electrons. The van der Waals surface area contributed by atoms with Crippen LogP contribution < -0.4 is 4.74 Å². The first-order valence-corrected chi connectivity index (χ1v) is 7.83. The first-order chi connectivity index (χ1) is 11.7. The lowest BCUT2D eigenvalue weighted by molar-refractivity contribution is 0.0597. The van der Waals surface area contributed by atoms with Gasteiger partial charge in [-0.25, -0.2) is 4.79 Å². The molecule has 0 amide bonds. The third-order valence-electron chi connectivity index (χ3n) is 4.13. The number of nitrogens with zero attached hydrogens (tertiary/aromatic N) is 1. The maximum Gasteiger partial charge on any atom is 0.338 e. The largest absolute Gasteiger partial charge is 0.489 e. The van der Waals surface area contributed by atoms with Crippen LogP contribution in [-0.2, 0) is 24.4 Å². The standard InChI is InChI=1S/C19H20N2O3/c1-23-19(22)18-5-3-2-4-15(18)13-24-17-7-6-14-11-21(9-8-20)12-16(14)10-17/h2-8,10,20H,9,11-13H2,1H3. The molecule has 0 saturated heterocycles. The molecular formula is C19H20N2O3. The van der Waals surface area contributed by atoms with Crippen molar-refractivity contribution >= 4 is 12.2 Å². The Labute approximate surface area is 141 Å². The van der Waals surface area contributed by atoms with E-state index >= 15 is 0 Å². The number of rotatable bonds is 6. The van der Waals surface area contributed by atoms with Crippen molar-refractivity contribution in [2.75, 3.05) is 13.7 Å². The number of hydrogen-bond donors (Lipinski definition) is 1. The Hall–Kier alpha value is -2.66. The normalized spacial score (nSPS) is 13.4. The number of esters is 1. The highest BCUT2D eigenvalue weighted by Gasteiger charge is 2.18. The summed E-state index contributed by atoms with van der Waals surface area (Å²) in [6.07, 6.45) is 1.42. The van der Waals surface area contributed by atoms with Crippen molar-refractivity contribution in [3.05, 3.63) is 64.7 Å². The van der Waals surface area contributed by atoms with Gasteiger partial charge in [-0.2, -0.15) is 0 Å². The highest BCUT2D eigenvalue weighted by Crippen LogP contribution is 2.27. The molecule has 0 saturated carbocycles. The molecule has 2 aromatic rings. The molecule has 0 aliphatic carbocycles. The smallest absolute Gasteiger partial charge is 0.338 e. The monoisotopic (exact) mass is 324 g/mol. The van der Waals surface area contributed by atoms with Crippen molar-refractivity contribution in [2.45, 2.75) is 19.7 Å². The topological polar surface area (TPSA) is 62.6 Å². The molecule has 0 atom stereocenters. The molecule has 124 valence electrons. The van der Waals surface area contributed by atoms with Gasteiger partial charge in [-0.15, -0.1) is 0 Å². The molecular weight excluding hydrogens is 304 g/mol. The molecule has 0 fully saturated rings. The van der Waals surface area contributed by atoms with Gasteiger partial charge in [0.1, 0.15) is 12.4 Å². The number of benzene rings is 2. The first kappa shape index (κ1) is 16.2. The van der Waals surface area contributed by atoms with Crippen molar-refractivity contribution < 1.29 is 14.3 Å². The van der Waals surface area contributed by atoms with E-state index in [1.165, 1.54) is 24.5 Å². The van der Waals surface area contributed by atoms with Crippen LogP contribution in [0.25, 0.3) is 0 Å². The zero-order chi connectivity index (χ0) is 16.9. The lowest BCUT2D eigenvalue weighted by atomic mass is 10.1. The van der Waals surface area contributed by atoms with E-state index in [2.05, 4.69) is 11.0 Å². The van der Waals surface area contributed by atoms with E-state index in [9.17, 15) is 4.79 Å². The Morgan fingerprint density at radius 1 is 1.21 bits per heavy atom. The van der Waals surface area contributed by atoms with Crippen molar-refractivity contribution in [3.8, 4) is 5.75 Å². The number of carbonyl (C=O) groups is 1. The summed E-state index contributed by atoms with van der Waals surface area (Å²) in [5, 5.41) is 7.22. The lowest BCUT2D eigenvalue weighted by Gasteiger charge is -2.11. The zero-order valence-electron chi connectivity index (χ0n) is 13.6. The van der Waals surface area contributed by atoms with E-state index in [4.69, 9.17) is 14.9 Å². The fourth-order valence-electron chi connectivity index (χ4n) is 2.91. The summed E-state index contributed by atoms with van der Waals surface area (Å²) in [6, 6.07) is 13.4. The minimum Gasteiger partial charge on any atom is -0.489 e. The molecule has 0 unspecified atom stereocenters. The second-order valence-corrected chi connectivity index (χ2v) is 5.74. The maximum absolute atomic E-state index is 11.8. The summed E-state index contributed by atoms with van der Waals surface area (Å²) < 4.78 is 10.7. The summed E-state index contributed by atoms with van der Waals surface area (Å²) in [5.41, 5.74) is 3.84. The molecule has 0 aromatic heterocycles. The average Bonchev–Trinajstić information content (AvgIpc) is 3.01. The van der Waals surface area contributed by atoms with Gasteiger partial charge < -0.3 is 14.9 Å². The number of methoxy groups -OCH3 is 1. The summed E-state index contributed by atoms with van der Waals surface area (Å²) in [6.45, 7) is 2.68. The third kappa shape index (κ3) is 3.46. The predicted octanol–water partition coefficient (Wildman–Crippen LogP) is 3.02. The van der Waals surface area contributed by atoms with Gasteiger partial charge in [0.25, 0.3) is 0 Å². The highest BCUT2D eigenvalue weighted by molar-refractivity contribution is 5.90. The first-order valence-electron chi connectivity index (χ1n) is 7.83. The maximum atomic E-state index is 11.8. The SMILES string of the molecule is COC(=O)c1ccccc1COc1ccc2c(c1)CN(CC=N)C2. The average molecular weight is 324 g/mol. The van der Waals surface area contributed by atoms with E-state index in [1.54, 1.807) is 6.07 Å². The lowest BCUT2D eigenvalue weighted by Crippen LogP contribution is -2.18. The van der Waals surface area contributed by atoms with E-state index < -0.39 is 0 Å². The molecule has 2 aromatic carbocycles. The van der Waals surface area contributed by atoms with E-state index in [1.807, 2.05) is 30.3 Å². The molecule has 1 N–H and O–H groups in total. The van der Waals surface area contributed by atoms with Gasteiger partial charge in [0.15, 0.2) is 0 Å². The molecule has 5 heteroatoms. The fourth-order valence-corrected chi connectivity index (χ4v) is 2.91. The summed E-state index contributed by atoms with van der Waals surface area (Å²) in [5.74, 6) is 0.426. The van der Waals surface area contributed by atoms with Crippen LogP contribution in [-0.4, -0.2) is 30.7 Å². The molecule has 1 aliphatic heterocycles. The quantitative estimate of drug-likeness (QED) is 0.655. The molecule has 24 heavy (non-hydrogen) atoms. The Morgan fingerprint density at radius 3 is 2.79 bits per heavy atom. The van der Waals surface area contributed by atoms with E-state index in [-0.39, 0.29) is 5.97 Å². The minimum atomic E-state index is -0.356. The Kier molecular flexibility index (Phi) is 4.91. The predicted molar refractivity (Wildman–Crippen MR) is 91.5 cm³/mol. The van der Waals surface area contributed by atoms with Gasteiger partial charge in [-0.1, -0.05) is 24.3 Å². The molecule has 1 heterocycles. The van der Waals surface area contributed by atoms with Crippen molar-refractivity contribution in [3.63, 3.8) is 0 Å². The third-order valence-corrected chi connectivity index (χ3v) is 4.13. The molecule has 5 nitrogen and oxygen atoms in total. The Bertz CT molecular complexity index is 758. The number of fused-ring (bicyclic) bond motifs is 1. The number of hydrogen-bond acceptors (Lipinski definition) is 5. The van der Waals surface area contributed by atoms with Gasteiger partial charge >= 0.3 is 5.97 Å². The van der Waals surface area contributed by atoms with Crippen molar-refractivity contribution in [1.29, 1.82) is 5.41 Å². The van der Waals surface area contributed by atoms with E-state index in [0.29, 0.717) is 18.7 Å². The van der Waals surface area contributed by atoms with Crippen molar-refractivity contribution in [2.24, 2.45) is 0 Å². The molecule has 0 bridgehead atoms. The van der Waals surface area contributed by atoms with Crippen LogP contribution in [0.4, 0.5) is 0 Å². The highest BCUT2D eigenvalue weighted by atomic mass is 16.5. The zero-order valence-corrected chi connectivity index (χ0v) is 13.6. The second kappa shape index (κ2) is 7.27. The summed E-state index contributed by atoms with van der Waals surface area (Å²) >= 11 is 0. The van der Waals surface area contributed by atoms with Crippen LogP contribution in [0.3, 0.4) is 0 Å². The number of nitrogens with one attached hydrogen (secondary N) is 1. The van der Waals surface area contributed by atoms with Crippen LogP contribution in [0.1, 0.15) is 27.0 Å². The number of carbonyl (C=O) groups excluding carboxylic acids is 1. The fraction of sp³-hybridized carbons (Fsp3) is 0.263. The van der Waals surface area contributed by atoms with Gasteiger partial charge in [0, 0.05) is 31.4 Å². The molecule has 1 aliphatic rings. The van der Waals surface area contributed by atoms with Gasteiger partial charge in [-0.05, 0) is 29.3 Å². The van der Waals surface area contributed by atoms with Crippen LogP contribution in [0, 0.1) is 5.41 Å². The second-order valence-electron chi connectivity index (χ2n) is 5.74. The van der Waals surface area contributed by atoms with Gasteiger partial charge in [0.2, 0.25) is 0 Å². The van der Waals surface area contributed by atoms with Crippen LogP contribution in [0.15, 0.2) is 42.5 Å². The van der Waals surface area contributed by atoms with Gasteiger partial charge in [-0.3, -0.25) is 4.90 Å². The van der Waals surface area contributed by atoms with Crippen LogP contribution in [0.5, 0.6) is 5.75 Å².